The molecule has 0 amide bonds. The molecule has 2 aromatic rings. The summed E-state index contributed by atoms with van der Waals surface area (Å²) in [6.45, 7) is 1.31. The predicted octanol–water partition coefficient (Wildman–Crippen LogP) is 6.19. The molecule has 0 spiro atoms. The number of ether oxygens (including phenoxy) is 4. The number of aryl methyl sites for hydroxylation is 1. The third-order valence-corrected chi connectivity index (χ3v) is 5.47. The molecule has 0 aromatic heterocycles. The SMILES string of the molecule is CCCC1(C=O)CCc2ccc(OCCCOc3ccc(OCC(F)(F)F)cc3Cl)cc2O1. The van der Waals surface area contributed by atoms with Crippen LogP contribution in [0.3, 0.4) is 0 Å². The van der Waals surface area contributed by atoms with E-state index in [2.05, 4.69) is 4.74 Å². The van der Waals surface area contributed by atoms with Crippen LogP contribution in [0.1, 0.15) is 38.2 Å². The van der Waals surface area contributed by atoms with Gasteiger partial charge in [-0.2, -0.15) is 13.2 Å². The molecule has 9 heteroatoms. The number of fused-ring (bicyclic) bond motifs is 1. The van der Waals surface area contributed by atoms with Crippen LogP contribution in [0.25, 0.3) is 0 Å². The number of hydrogen-bond donors (Lipinski definition) is 0. The first-order chi connectivity index (χ1) is 15.7. The lowest BCUT2D eigenvalue weighted by molar-refractivity contribution is -0.153. The first-order valence-corrected chi connectivity index (χ1v) is 11.1. The number of carbonyl (C=O) groups is 1. The molecule has 1 unspecified atom stereocenters. The van der Waals surface area contributed by atoms with Crippen molar-refractivity contribution in [2.24, 2.45) is 0 Å². The summed E-state index contributed by atoms with van der Waals surface area (Å²) in [5.74, 6) is 1.67. The number of aldehydes is 1. The Morgan fingerprint density at radius 2 is 1.82 bits per heavy atom. The van der Waals surface area contributed by atoms with Gasteiger partial charge in [0, 0.05) is 18.6 Å². The fourth-order valence-corrected chi connectivity index (χ4v) is 3.79. The molecule has 1 heterocycles. The van der Waals surface area contributed by atoms with Crippen molar-refractivity contribution in [3.05, 3.63) is 47.0 Å². The molecule has 0 radical (unpaired) electrons. The van der Waals surface area contributed by atoms with Gasteiger partial charge < -0.3 is 18.9 Å². The molecular formula is C24H26ClF3O5. The van der Waals surface area contributed by atoms with Crippen LogP contribution in [0.4, 0.5) is 13.2 Å². The fraction of sp³-hybridized carbons (Fsp3) is 0.458. The minimum atomic E-state index is -4.42. The van der Waals surface area contributed by atoms with Crippen LogP contribution in [-0.4, -0.2) is 37.9 Å². The Hall–Kier alpha value is -2.61. The summed E-state index contributed by atoms with van der Waals surface area (Å²) in [7, 11) is 0. The maximum Gasteiger partial charge on any atom is 0.422 e. The van der Waals surface area contributed by atoms with Crippen LogP contribution in [-0.2, 0) is 11.2 Å². The Kier molecular flexibility index (Phi) is 8.35. The number of rotatable bonds is 11. The molecule has 0 aliphatic carbocycles. The second-order valence-electron chi connectivity index (χ2n) is 7.85. The standard InChI is InChI=1S/C24H26ClF3O5/c1-2-9-23(15-29)10-8-17-4-5-19(14-22(17)33-23)30-11-3-12-31-21-7-6-18(13-20(21)25)32-16-24(26,27)28/h4-7,13-15H,2-3,8-12,16H2,1H3. The number of hydrogen-bond acceptors (Lipinski definition) is 5. The van der Waals surface area contributed by atoms with E-state index in [1.807, 2.05) is 19.1 Å². The van der Waals surface area contributed by atoms with Gasteiger partial charge in [0.2, 0.25) is 0 Å². The molecule has 0 N–H and O–H groups in total. The van der Waals surface area contributed by atoms with Crippen molar-refractivity contribution in [3.8, 4) is 23.0 Å². The summed E-state index contributed by atoms with van der Waals surface area (Å²) >= 11 is 6.06. The van der Waals surface area contributed by atoms with Gasteiger partial charge >= 0.3 is 6.18 Å². The zero-order chi connectivity index (χ0) is 23.9. The van der Waals surface area contributed by atoms with Crippen molar-refractivity contribution in [1.29, 1.82) is 0 Å². The monoisotopic (exact) mass is 486 g/mol. The largest absolute Gasteiger partial charge is 0.493 e. The molecule has 1 atom stereocenters. The maximum atomic E-state index is 12.2. The van der Waals surface area contributed by atoms with E-state index in [0.717, 1.165) is 24.7 Å². The van der Waals surface area contributed by atoms with Crippen LogP contribution in [0, 0.1) is 0 Å². The Bertz CT molecular complexity index is 950. The van der Waals surface area contributed by atoms with Crippen LogP contribution in [0.5, 0.6) is 23.0 Å². The third kappa shape index (κ3) is 7.19. The van der Waals surface area contributed by atoms with E-state index in [4.69, 9.17) is 25.8 Å². The van der Waals surface area contributed by atoms with Crippen molar-refractivity contribution in [2.45, 2.75) is 50.8 Å². The zero-order valence-corrected chi connectivity index (χ0v) is 19.0. The van der Waals surface area contributed by atoms with E-state index in [1.165, 1.54) is 18.2 Å². The van der Waals surface area contributed by atoms with Crippen molar-refractivity contribution < 1.29 is 36.9 Å². The van der Waals surface area contributed by atoms with E-state index >= 15 is 0 Å². The Labute approximate surface area is 195 Å². The lowest BCUT2D eigenvalue weighted by atomic mass is 9.88. The number of alkyl halides is 3. The summed E-state index contributed by atoms with van der Waals surface area (Å²) < 4.78 is 58.7. The smallest absolute Gasteiger partial charge is 0.422 e. The molecule has 0 bridgehead atoms. The summed E-state index contributed by atoms with van der Waals surface area (Å²) in [5.41, 5.74) is 0.289. The molecule has 1 aliphatic rings. The highest BCUT2D eigenvalue weighted by Crippen LogP contribution is 2.37. The van der Waals surface area contributed by atoms with Crippen LogP contribution in [0.15, 0.2) is 36.4 Å². The van der Waals surface area contributed by atoms with Gasteiger partial charge in [0.1, 0.15) is 23.0 Å². The highest BCUT2D eigenvalue weighted by Gasteiger charge is 2.35. The van der Waals surface area contributed by atoms with E-state index in [-0.39, 0.29) is 10.8 Å². The van der Waals surface area contributed by atoms with Crippen LogP contribution < -0.4 is 18.9 Å². The van der Waals surface area contributed by atoms with Gasteiger partial charge in [-0.05, 0) is 43.0 Å². The Morgan fingerprint density at radius 3 is 2.52 bits per heavy atom. The van der Waals surface area contributed by atoms with E-state index in [1.54, 1.807) is 6.07 Å². The number of benzene rings is 2. The summed E-state index contributed by atoms with van der Waals surface area (Å²) in [5, 5.41) is 0.160. The van der Waals surface area contributed by atoms with E-state index < -0.39 is 18.4 Å². The summed E-state index contributed by atoms with van der Waals surface area (Å²) in [4.78, 5) is 11.6. The zero-order valence-electron chi connectivity index (χ0n) is 18.3. The number of halogens is 4. The van der Waals surface area contributed by atoms with Crippen molar-refractivity contribution in [2.75, 3.05) is 19.8 Å². The van der Waals surface area contributed by atoms with E-state index in [9.17, 15) is 18.0 Å². The van der Waals surface area contributed by atoms with Crippen molar-refractivity contribution in [3.63, 3.8) is 0 Å². The summed E-state index contributed by atoms with van der Waals surface area (Å²) in [6, 6.07) is 9.74. The minimum Gasteiger partial charge on any atom is -0.493 e. The highest BCUT2D eigenvalue weighted by atomic mass is 35.5. The molecule has 1 aliphatic heterocycles. The molecule has 0 fully saturated rings. The average molecular weight is 487 g/mol. The molecule has 0 saturated heterocycles. The topological polar surface area (TPSA) is 54.0 Å². The first kappa shape index (κ1) is 25.0. The average Bonchev–Trinajstić information content (AvgIpc) is 2.78. The minimum absolute atomic E-state index is 0.0140. The third-order valence-electron chi connectivity index (χ3n) is 5.18. The van der Waals surface area contributed by atoms with Gasteiger partial charge in [0.15, 0.2) is 18.5 Å². The molecule has 2 aromatic carbocycles. The van der Waals surface area contributed by atoms with Gasteiger partial charge in [0.25, 0.3) is 0 Å². The fourth-order valence-electron chi connectivity index (χ4n) is 3.57. The molecule has 5 nitrogen and oxygen atoms in total. The predicted molar refractivity (Wildman–Crippen MR) is 118 cm³/mol. The van der Waals surface area contributed by atoms with Gasteiger partial charge in [-0.1, -0.05) is 31.0 Å². The molecule has 33 heavy (non-hydrogen) atoms. The second kappa shape index (κ2) is 11.0. The molecular weight excluding hydrogens is 461 g/mol. The summed E-state index contributed by atoms with van der Waals surface area (Å²) in [6.07, 6.45) is 0.0296. The maximum absolute atomic E-state index is 12.2. The van der Waals surface area contributed by atoms with Gasteiger partial charge in [-0.15, -0.1) is 0 Å². The molecule has 180 valence electrons. The van der Waals surface area contributed by atoms with E-state index in [0.29, 0.717) is 49.7 Å². The van der Waals surface area contributed by atoms with Gasteiger partial charge in [-0.3, -0.25) is 4.79 Å². The van der Waals surface area contributed by atoms with Crippen molar-refractivity contribution in [1.82, 2.24) is 0 Å². The quantitative estimate of drug-likeness (QED) is 0.280. The molecule has 0 saturated carbocycles. The lowest BCUT2D eigenvalue weighted by Crippen LogP contribution is -2.41. The second-order valence-corrected chi connectivity index (χ2v) is 8.26. The Balaban J connectivity index is 1.45. The van der Waals surface area contributed by atoms with Gasteiger partial charge in [0.05, 0.1) is 18.2 Å². The van der Waals surface area contributed by atoms with Gasteiger partial charge in [-0.25, -0.2) is 0 Å². The highest BCUT2D eigenvalue weighted by molar-refractivity contribution is 6.32. The van der Waals surface area contributed by atoms with Crippen molar-refractivity contribution >= 4 is 17.9 Å². The Morgan fingerprint density at radius 1 is 1.09 bits per heavy atom. The normalized spacial score (nSPS) is 17.6. The van der Waals surface area contributed by atoms with Crippen LogP contribution >= 0.6 is 11.6 Å². The van der Waals surface area contributed by atoms with Crippen LogP contribution in [0.2, 0.25) is 5.02 Å². The first-order valence-electron chi connectivity index (χ1n) is 10.8. The number of carbonyl (C=O) groups excluding carboxylic acids is 1. The molecule has 3 rings (SSSR count). The lowest BCUT2D eigenvalue weighted by Gasteiger charge is -2.34.